The number of thioether (sulfide) groups is 1. The Morgan fingerprint density at radius 1 is 1.20 bits per heavy atom. The number of hydrogen-bond donors (Lipinski definition) is 2. The molecule has 0 unspecified atom stereocenters. The summed E-state index contributed by atoms with van der Waals surface area (Å²) in [6, 6.07) is 10.2. The first-order valence-corrected chi connectivity index (χ1v) is 8.56. The van der Waals surface area contributed by atoms with Crippen molar-refractivity contribution in [3.05, 3.63) is 42.6 Å². The van der Waals surface area contributed by atoms with E-state index in [1.165, 1.54) is 18.3 Å². The lowest BCUT2D eigenvalue weighted by molar-refractivity contribution is 0.601. The molecule has 0 atom stereocenters. The average Bonchev–Trinajstić information content (AvgIpc) is 2.47. The second-order valence-electron chi connectivity index (χ2n) is 3.96. The van der Waals surface area contributed by atoms with Gasteiger partial charge in [0.05, 0.1) is 4.90 Å². The molecule has 20 heavy (non-hydrogen) atoms. The molecule has 0 spiro atoms. The lowest BCUT2D eigenvalue weighted by atomic mass is 10.3. The molecule has 1 aromatic heterocycles. The minimum atomic E-state index is -3.61. The van der Waals surface area contributed by atoms with E-state index in [0.29, 0.717) is 11.5 Å². The number of hydrogen-bond acceptors (Lipinski definition) is 5. The number of nitrogens with one attached hydrogen (secondary N) is 2. The Morgan fingerprint density at radius 3 is 2.70 bits per heavy atom. The maximum absolute atomic E-state index is 12.3. The molecule has 0 saturated heterocycles. The number of nitrogens with zero attached hydrogens (tertiary/aromatic N) is 1. The molecule has 0 aliphatic carbocycles. The number of aromatic nitrogens is 1. The standard InChI is InChI=1S/C13H15N3O2S2/c1-14-13-9-12(6-7-15-13)20(17,18)16-10-4-3-5-11(8-10)19-2/h3-9,16H,1-2H3,(H,14,15). The van der Waals surface area contributed by atoms with Crippen LogP contribution in [0.2, 0.25) is 0 Å². The van der Waals surface area contributed by atoms with Crippen LogP contribution in [0, 0.1) is 0 Å². The van der Waals surface area contributed by atoms with Gasteiger partial charge in [-0.15, -0.1) is 11.8 Å². The van der Waals surface area contributed by atoms with Crippen molar-refractivity contribution in [2.45, 2.75) is 9.79 Å². The van der Waals surface area contributed by atoms with Gasteiger partial charge < -0.3 is 5.32 Å². The number of anilines is 2. The minimum absolute atomic E-state index is 0.173. The Hall–Kier alpha value is -1.73. The van der Waals surface area contributed by atoms with Crippen molar-refractivity contribution in [3.8, 4) is 0 Å². The van der Waals surface area contributed by atoms with Crippen molar-refractivity contribution in [1.29, 1.82) is 0 Å². The van der Waals surface area contributed by atoms with Gasteiger partial charge in [-0.05, 0) is 30.5 Å². The number of pyridine rings is 1. The van der Waals surface area contributed by atoms with Crippen molar-refractivity contribution in [1.82, 2.24) is 4.98 Å². The maximum Gasteiger partial charge on any atom is 0.262 e. The van der Waals surface area contributed by atoms with Gasteiger partial charge in [-0.25, -0.2) is 13.4 Å². The van der Waals surface area contributed by atoms with E-state index in [1.807, 2.05) is 18.4 Å². The Kier molecular flexibility index (Phi) is 4.51. The molecule has 0 radical (unpaired) electrons. The van der Waals surface area contributed by atoms with Crippen LogP contribution in [0.4, 0.5) is 11.5 Å². The van der Waals surface area contributed by atoms with Crippen LogP contribution in [0.15, 0.2) is 52.4 Å². The van der Waals surface area contributed by atoms with E-state index in [0.717, 1.165) is 4.90 Å². The molecule has 2 aromatic rings. The van der Waals surface area contributed by atoms with Gasteiger partial charge in [-0.3, -0.25) is 4.72 Å². The first-order valence-electron chi connectivity index (χ1n) is 5.86. The molecule has 2 N–H and O–H groups in total. The molecular weight excluding hydrogens is 294 g/mol. The van der Waals surface area contributed by atoms with Gasteiger partial charge in [0.1, 0.15) is 5.82 Å². The fraction of sp³-hybridized carbons (Fsp3) is 0.154. The summed E-state index contributed by atoms with van der Waals surface area (Å²) in [4.78, 5) is 5.17. The van der Waals surface area contributed by atoms with Crippen molar-refractivity contribution in [2.24, 2.45) is 0 Å². The molecule has 0 aliphatic rings. The Balaban J connectivity index is 2.30. The summed E-state index contributed by atoms with van der Waals surface area (Å²) in [5, 5.41) is 2.81. The molecule has 1 heterocycles. The summed E-state index contributed by atoms with van der Waals surface area (Å²) in [6.45, 7) is 0. The molecule has 1 aromatic carbocycles. The van der Waals surface area contributed by atoms with Gasteiger partial charge in [-0.1, -0.05) is 6.07 Å². The highest BCUT2D eigenvalue weighted by Crippen LogP contribution is 2.22. The maximum atomic E-state index is 12.3. The fourth-order valence-corrected chi connectivity index (χ4v) is 3.14. The smallest absolute Gasteiger partial charge is 0.262 e. The van der Waals surface area contributed by atoms with Gasteiger partial charge >= 0.3 is 0 Å². The SMILES string of the molecule is CNc1cc(S(=O)(=O)Nc2cccc(SC)c2)ccn1. The van der Waals surface area contributed by atoms with E-state index in [4.69, 9.17) is 0 Å². The van der Waals surface area contributed by atoms with Gasteiger partial charge in [-0.2, -0.15) is 0 Å². The lowest BCUT2D eigenvalue weighted by Gasteiger charge is -2.09. The van der Waals surface area contributed by atoms with Crippen LogP contribution in [-0.2, 0) is 10.0 Å². The second kappa shape index (κ2) is 6.15. The first-order chi connectivity index (χ1) is 9.55. The third-order valence-electron chi connectivity index (χ3n) is 2.62. The first kappa shape index (κ1) is 14.7. The highest BCUT2D eigenvalue weighted by atomic mass is 32.2. The van der Waals surface area contributed by atoms with E-state index in [2.05, 4.69) is 15.0 Å². The van der Waals surface area contributed by atoms with Crippen molar-refractivity contribution in [2.75, 3.05) is 23.3 Å². The Morgan fingerprint density at radius 2 is 2.00 bits per heavy atom. The van der Waals surface area contributed by atoms with Crippen LogP contribution in [0.1, 0.15) is 0 Å². The Bertz CT molecular complexity index is 702. The lowest BCUT2D eigenvalue weighted by Crippen LogP contribution is -2.13. The number of benzene rings is 1. The summed E-state index contributed by atoms with van der Waals surface area (Å²) in [7, 11) is -1.92. The zero-order valence-electron chi connectivity index (χ0n) is 11.1. The summed E-state index contributed by atoms with van der Waals surface area (Å²) in [5.41, 5.74) is 0.541. The van der Waals surface area contributed by atoms with Crippen molar-refractivity contribution >= 4 is 33.3 Å². The van der Waals surface area contributed by atoms with E-state index in [1.54, 1.807) is 30.9 Å². The normalized spacial score (nSPS) is 11.1. The predicted molar refractivity (Wildman–Crippen MR) is 82.8 cm³/mol. The molecular formula is C13H15N3O2S2. The number of sulfonamides is 1. The van der Waals surface area contributed by atoms with Crippen LogP contribution >= 0.6 is 11.8 Å². The van der Waals surface area contributed by atoms with E-state index in [9.17, 15) is 8.42 Å². The fourth-order valence-electron chi connectivity index (χ4n) is 1.62. The molecule has 106 valence electrons. The molecule has 0 amide bonds. The molecule has 2 rings (SSSR count). The Labute approximate surface area is 122 Å². The van der Waals surface area contributed by atoms with Crippen LogP contribution in [0.5, 0.6) is 0 Å². The van der Waals surface area contributed by atoms with Gasteiger partial charge in [0, 0.05) is 29.9 Å². The minimum Gasteiger partial charge on any atom is -0.373 e. The zero-order chi connectivity index (χ0) is 14.6. The topological polar surface area (TPSA) is 71.1 Å². The number of rotatable bonds is 5. The monoisotopic (exact) mass is 309 g/mol. The van der Waals surface area contributed by atoms with Crippen LogP contribution in [0.25, 0.3) is 0 Å². The quantitative estimate of drug-likeness (QED) is 0.831. The third kappa shape index (κ3) is 3.43. The molecule has 0 saturated carbocycles. The zero-order valence-corrected chi connectivity index (χ0v) is 12.8. The van der Waals surface area contributed by atoms with Crippen molar-refractivity contribution < 1.29 is 8.42 Å². The summed E-state index contributed by atoms with van der Waals surface area (Å²) < 4.78 is 27.2. The summed E-state index contributed by atoms with van der Waals surface area (Å²) >= 11 is 1.56. The highest BCUT2D eigenvalue weighted by Gasteiger charge is 2.15. The van der Waals surface area contributed by atoms with Gasteiger partial charge in [0.25, 0.3) is 10.0 Å². The van der Waals surface area contributed by atoms with Crippen LogP contribution in [0.3, 0.4) is 0 Å². The van der Waals surface area contributed by atoms with Gasteiger partial charge in [0.15, 0.2) is 0 Å². The molecule has 0 fully saturated rings. The molecule has 0 bridgehead atoms. The highest BCUT2D eigenvalue weighted by molar-refractivity contribution is 7.98. The third-order valence-corrected chi connectivity index (χ3v) is 4.72. The van der Waals surface area contributed by atoms with Crippen molar-refractivity contribution in [3.63, 3.8) is 0 Å². The van der Waals surface area contributed by atoms with E-state index >= 15 is 0 Å². The van der Waals surface area contributed by atoms with E-state index in [-0.39, 0.29) is 4.90 Å². The van der Waals surface area contributed by atoms with E-state index < -0.39 is 10.0 Å². The summed E-state index contributed by atoms with van der Waals surface area (Å²) in [5.74, 6) is 0.505. The largest absolute Gasteiger partial charge is 0.373 e. The average molecular weight is 309 g/mol. The molecule has 7 heteroatoms. The van der Waals surface area contributed by atoms with Crippen LogP contribution < -0.4 is 10.0 Å². The predicted octanol–water partition coefficient (Wildman–Crippen LogP) is 2.65. The van der Waals surface area contributed by atoms with Gasteiger partial charge in [0.2, 0.25) is 0 Å². The second-order valence-corrected chi connectivity index (χ2v) is 6.53. The molecule has 5 nitrogen and oxygen atoms in total. The molecule has 0 aliphatic heterocycles. The van der Waals surface area contributed by atoms with Crippen LogP contribution in [-0.4, -0.2) is 26.7 Å². The summed E-state index contributed by atoms with van der Waals surface area (Å²) in [6.07, 6.45) is 3.40.